The Kier molecular flexibility index (Phi) is 3.10. The van der Waals surface area contributed by atoms with Crippen LogP contribution in [0.15, 0.2) is 0 Å². The third-order valence-electron chi connectivity index (χ3n) is 3.63. The van der Waals surface area contributed by atoms with E-state index in [1.54, 1.807) is 0 Å². The molecule has 82 valence electrons. The molecule has 2 heterocycles. The maximum absolute atomic E-state index is 10.3. The zero-order chi connectivity index (χ0) is 10.0. The van der Waals surface area contributed by atoms with Crippen LogP contribution >= 0.6 is 0 Å². The van der Waals surface area contributed by atoms with E-state index in [1.165, 1.54) is 0 Å². The number of aliphatic hydroxyl groups is 1. The Bertz CT molecular complexity index is 190. The van der Waals surface area contributed by atoms with Crippen molar-refractivity contribution in [3.63, 3.8) is 0 Å². The van der Waals surface area contributed by atoms with Crippen LogP contribution < -0.4 is 5.32 Å². The van der Waals surface area contributed by atoms with Crippen LogP contribution in [0.2, 0.25) is 0 Å². The second kappa shape index (κ2) is 4.17. The number of hydrogen-bond acceptors (Lipinski definition) is 3. The summed E-state index contributed by atoms with van der Waals surface area (Å²) in [5.41, 5.74) is -0.467. The van der Waals surface area contributed by atoms with Crippen molar-refractivity contribution in [1.82, 2.24) is 5.32 Å². The first-order valence-electron chi connectivity index (χ1n) is 5.74. The van der Waals surface area contributed by atoms with E-state index in [4.69, 9.17) is 4.74 Å². The minimum absolute atomic E-state index is 0.334. The zero-order valence-electron chi connectivity index (χ0n) is 8.96. The Labute approximate surface area is 85.8 Å². The van der Waals surface area contributed by atoms with Crippen LogP contribution in [-0.4, -0.2) is 36.5 Å². The van der Waals surface area contributed by atoms with Crippen molar-refractivity contribution >= 4 is 0 Å². The summed E-state index contributed by atoms with van der Waals surface area (Å²) in [4.78, 5) is 0. The van der Waals surface area contributed by atoms with Gasteiger partial charge in [0.2, 0.25) is 0 Å². The highest BCUT2D eigenvalue weighted by Gasteiger charge is 2.36. The third kappa shape index (κ3) is 2.27. The van der Waals surface area contributed by atoms with E-state index >= 15 is 0 Å². The largest absolute Gasteiger partial charge is 0.389 e. The average molecular weight is 199 g/mol. The summed E-state index contributed by atoms with van der Waals surface area (Å²) in [6.07, 6.45) is 4.40. The Hall–Kier alpha value is -0.120. The number of β-amino-alcohol motifs (C(OH)–C–C–N with tert-alkyl or cyclic N) is 1. The molecule has 2 fully saturated rings. The molecule has 2 saturated heterocycles. The van der Waals surface area contributed by atoms with E-state index in [0.717, 1.165) is 45.4 Å². The van der Waals surface area contributed by atoms with Gasteiger partial charge in [0.25, 0.3) is 0 Å². The van der Waals surface area contributed by atoms with Crippen LogP contribution in [0, 0.1) is 5.92 Å². The molecule has 3 atom stereocenters. The summed E-state index contributed by atoms with van der Waals surface area (Å²) >= 11 is 0. The normalized spacial score (nSPS) is 44.1. The van der Waals surface area contributed by atoms with E-state index in [9.17, 15) is 5.11 Å². The van der Waals surface area contributed by atoms with Crippen LogP contribution in [0.1, 0.15) is 32.6 Å². The van der Waals surface area contributed by atoms with Crippen molar-refractivity contribution in [3.05, 3.63) is 0 Å². The second-order valence-corrected chi connectivity index (χ2v) is 4.83. The highest BCUT2D eigenvalue weighted by Crippen LogP contribution is 2.32. The molecule has 2 aliphatic heterocycles. The summed E-state index contributed by atoms with van der Waals surface area (Å²) < 4.78 is 5.52. The highest BCUT2D eigenvalue weighted by atomic mass is 16.5. The van der Waals surface area contributed by atoms with Crippen molar-refractivity contribution in [2.45, 2.75) is 44.3 Å². The molecule has 14 heavy (non-hydrogen) atoms. The Morgan fingerprint density at radius 3 is 3.00 bits per heavy atom. The van der Waals surface area contributed by atoms with Gasteiger partial charge in [-0.05, 0) is 45.1 Å². The maximum atomic E-state index is 10.3. The first kappa shape index (κ1) is 10.4. The van der Waals surface area contributed by atoms with Gasteiger partial charge < -0.3 is 15.2 Å². The van der Waals surface area contributed by atoms with Gasteiger partial charge in [-0.15, -0.1) is 0 Å². The molecule has 0 aromatic heterocycles. The smallest absolute Gasteiger partial charge is 0.0775 e. The van der Waals surface area contributed by atoms with E-state index in [0.29, 0.717) is 12.0 Å². The SMILES string of the molecule is CC1OCCC1CC1(O)CCCNC1. The topological polar surface area (TPSA) is 41.5 Å². The van der Waals surface area contributed by atoms with Crippen molar-refractivity contribution in [2.24, 2.45) is 5.92 Å². The summed E-state index contributed by atoms with van der Waals surface area (Å²) in [7, 11) is 0. The van der Waals surface area contributed by atoms with Crippen molar-refractivity contribution < 1.29 is 9.84 Å². The molecule has 2 aliphatic rings. The van der Waals surface area contributed by atoms with E-state index in [1.807, 2.05) is 0 Å². The summed E-state index contributed by atoms with van der Waals surface area (Å²) in [5, 5.41) is 13.6. The van der Waals surface area contributed by atoms with Gasteiger partial charge in [0.1, 0.15) is 0 Å². The first-order chi connectivity index (χ1) is 6.70. The Morgan fingerprint density at radius 2 is 2.43 bits per heavy atom. The summed E-state index contributed by atoms with van der Waals surface area (Å²) in [6.45, 7) is 4.81. The molecule has 2 N–H and O–H groups in total. The van der Waals surface area contributed by atoms with Crippen LogP contribution in [0.5, 0.6) is 0 Å². The minimum Gasteiger partial charge on any atom is -0.389 e. The molecule has 0 radical (unpaired) electrons. The summed E-state index contributed by atoms with van der Waals surface area (Å²) in [5.74, 6) is 0.555. The van der Waals surface area contributed by atoms with Gasteiger partial charge in [0.15, 0.2) is 0 Å². The number of nitrogens with one attached hydrogen (secondary N) is 1. The molecule has 3 unspecified atom stereocenters. The third-order valence-corrected chi connectivity index (χ3v) is 3.63. The Balaban J connectivity index is 1.88. The van der Waals surface area contributed by atoms with Crippen molar-refractivity contribution in [2.75, 3.05) is 19.7 Å². The van der Waals surface area contributed by atoms with Crippen LogP contribution in [0.4, 0.5) is 0 Å². The molecule has 0 amide bonds. The highest BCUT2D eigenvalue weighted by molar-refractivity contribution is 4.89. The minimum atomic E-state index is -0.467. The lowest BCUT2D eigenvalue weighted by Crippen LogP contribution is -2.47. The quantitative estimate of drug-likeness (QED) is 0.695. The molecular weight excluding hydrogens is 178 g/mol. The molecule has 3 heteroatoms. The van der Waals surface area contributed by atoms with E-state index in [2.05, 4.69) is 12.2 Å². The average Bonchev–Trinajstić information content (AvgIpc) is 2.52. The predicted molar refractivity (Wildman–Crippen MR) is 55.2 cm³/mol. The fourth-order valence-corrected chi connectivity index (χ4v) is 2.66. The van der Waals surface area contributed by atoms with Crippen LogP contribution in [0.3, 0.4) is 0 Å². The number of piperidine rings is 1. The lowest BCUT2D eigenvalue weighted by Gasteiger charge is -2.35. The van der Waals surface area contributed by atoms with Crippen molar-refractivity contribution in [3.8, 4) is 0 Å². The number of ether oxygens (including phenoxy) is 1. The van der Waals surface area contributed by atoms with Crippen LogP contribution in [0.25, 0.3) is 0 Å². The van der Waals surface area contributed by atoms with E-state index in [-0.39, 0.29) is 0 Å². The monoisotopic (exact) mass is 199 g/mol. The standard InChI is InChI=1S/C11H21NO2/c1-9-10(3-6-14-9)7-11(13)4-2-5-12-8-11/h9-10,12-13H,2-8H2,1H3. The molecule has 0 spiro atoms. The number of hydrogen-bond donors (Lipinski definition) is 2. The molecule has 0 aromatic carbocycles. The number of rotatable bonds is 2. The lowest BCUT2D eigenvalue weighted by molar-refractivity contribution is -0.0158. The molecule has 0 saturated carbocycles. The van der Waals surface area contributed by atoms with Gasteiger partial charge in [-0.1, -0.05) is 0 Å². The van der Waals surface area contributed by atoms with Gasteiger partial charge in [0.05, 0.1) is 11.7 Å². The Morgan fingerprint density at radius 1 is 1.57 bits per heavy atom. The lowest BCUT2D eigenvalue weighted by atomic mass is 9.82. The van der Waals surface area contributed by atoms with Gasteiger partial charge in [-0.3, -0.25) is 0 Å². The first-order valence-corrected chi connectivity index (χ1v) is 5.74. The molecule has 2 rings (SSSR count). The van der Waals surface area contributed by atoms with Gasteiger partial charge in [-0.2, -0.15) is 0 Å². The van der Waals surface area contributed by atoms with Crippen molar-refractivity contribution in [1.29, 1.82) is 0 Å². The molecule has 0 aromatic rings. The fraction of sp³-hybridized carbons (Fsp3) is 1.00. The molecule has 3 nitrogen and oxygen atoms in total. The van der Waals surface area contributed by atoms with Gasteiger partial charge >= 0.3 is 0 Å². The zero-order valence-corrected chi connectivity index (χ0v) is 8.96. The van der Waals surface area contributed by atoms with Gasteiger partial charge in [0, 0.05) is 13.2 Å². The summed E-state index contributed by atoms with van der Waals surface area (Å²) in [6, 6.07) is 0. The maximum Gasteiger partial charge on any atom is 0.0775 e. The molecular formula is C11H21NO2. The predicted octanol–water partition coefficient (Wildman–Crippen LogP) is 0.916. The van der Waals surface area contributed by atoms with Gasteiger partial charge in [-0.25, -0.2) is 0 Å². The molecule has 0 bridgehead atoms. The fourth-order valence-electron chi connectivity index (χ4n) is 2.66. The molecule has 0 aliphatic carbocycles. The second-order valence-electron chi connectivity index (χ2n) is 4.83. The van der Waals surface area contributed by atoms with Crippen LogP contribution in [-0.2, 0) is 4.74 Å². The van der Waals surface area contributed by atoms with E-state index < -0.39 is 5.60 Å².